The number of halogens is 4. The normalized spacial score (nSPS) is 16.1. The van der Waals surface area contributed by atoms with Crippen LogP contribution >= 0.6 is 24.0 Å². The molecule has 0 saturated carbocycles. The number of nitrogens with two attached hydrogens (primary N) is 1. The van der Waals surface area contributed by atoms with Crippen LogP contribution in [0.1, 0.15) is 24.0 Å². The van der Waals surface area contributed by atoms with Gasteiger partial charge in [-0.05, 0) is 50.1 Å². The first-order valence-corrected chi connectivity index (χ1v) is 9.86. The Morgan fingerprint density at radius 3 is 2.41 bits per heavy atom. The molecule has 0 bridgehead atoms. The van der Waals surface area contributed by atoms with Crippen LogP contribution in [0.4, 0.5) is 18.9 Å². The van der Waals surface area contributed by atoms with Crippen molar-refractivity contribution in [1.29, 1.82) is 0 Å². The molecule has 0 radical (unpaired) electrons. The van der Waals surface area contributed by atoms with Gasteiger partial charge < -0.3 is 25.3 Å². The van der Waals surface area contributed by atoms with E-state index in [0.29, 0.717) is 25.4 Å². The molecule has 1 aliphatic rings. The Morgan fingerprint density at radius 2 is 1.81 bits per heavy atom. The molecule has 32 heavy (non-hydrogen) atoms. The zero-order chi connectivity index (χ0) is 22.5. The van der Waals surface area contributed by atoms with Crippen molar-refractivity contribution < 1.29 is 27.4 Å². The molecular formula is C22H27F3IN3O3. The van der Waals surface area contributed by atoms with Gasteiger partial charge in [0.2, 0.25) is 0 Å². The molecule has 176 valence electrons. The molecule has 0 aliphatic carbocycles. The van der Waals surface area contributed by atoms with E-state index in [1.165, 1.54) is 24.3 Å². The number of nitrogens with zero attached hydrogens (tertiary/aromatic N) is 1. The van der Waals surface area contributed by atoms with Crippen LogP contribution in [0.3, 0.4) is 0 Å². The summed E-state index contributed by atoms with van der Waals surface area (Å²) in [6.07, 6.45) is -3.19. The highest BCUT2D eigenvalue weighted by molar-refractivity contribution is 14.0. The molecule has 1 heterocycles. The van der Waals surface area contributed by atoms with Gasteiger partial charge in [-0.3, -0.25) is 4.99 Å². The largest absolute Gasteiger partial charge is 0.573 e. The molecule has 0 amide bonds. The molecular weight excluding hydrogens is 538 g/mol. The van der Waals surface area contributed by atoms with E-state index >= 15 is 0 Å². The SMILES string of the molecule is COc1ccc(C)cc1C1(CN=C(N)Nc2ccc(OC(F)(F)F)cc2)CCOCC1.I. The minimum absolute atomic E-state index is 0. The fourth-order valence-corrected chi connectivity index (χ4v) is 3.67. The Labute approximate surface area is 202 Å². The van der Waals surface area contributed by atoms with Crippen LogP contribution in [0.5, 0.6) is 11.5 Å². The van der Waals surface area contributed by atoms with Gasteiger partial charge >= 0.3 is 6.36 Å². The van der Waals surface area contributed by atoms with Crippen molar-refractivity contribution in [1.82, 2.24) is 0 Å². The summed E-state index contributed by atoms with van der Waals surface area (Å²) in [5, 5.41) is 2.91. The van der Waals surface area contributed by atoms with Gasteiger partial charge in [-0.15, -0.1) is 37.1 Å². The number of aryl methyl sites for hydroxylation is 1. The van der Waals surface area contributed by atoms with E-state index < -0.39 is 6.36 Å². The fourth-order valence-electron chi connectivity index (χ4n) is 3.67. The Bertz CT molecular complexity index is 915. The van der Waals surface area contributed by atoms with Crippen molar-refractivity contribution in [2.75, 3.05) is 32.2 Å². The molecule has 0 spiro atoms. The number of rotatable bonds is 6. The third-order valence-electron chi connectivity index (χ3n) is 5.29. The van der Waals surface area contributed by atoms with Crippen LogP contribution in [0.15, 0.2) is 47.5 Å². The van der Waals surface area contributed by atoms with Gasteiger partial charge in [0.1, 0.15) is 11.5 Å². The maximum absolute atomic E-state index is 12.3. The summed E-state index contributed by atoms with van der Waals surface area (Å²) in [5.74, 6) is 0.665. The summed E-state index contributed by atoms with van der Waals surface area (Å²) in [4.78, 5) is 4.54. The van der Waals surface area contributed by atoms with Crippen molar-refractivity contribution in [2.24, 2.45) is 10.7 Å². The van der Waals surface area contributed by atoms with E-state index in [1.54, 1.807) is 7.11 Å². The summed E-state index contributed by atoms with van der Waals surface area (Å²) < 4.78 is 51.9. The molecule has 2 aromatic rings. The minimum Gasteiger partial charge on any atom is -0.496 e. The van der Waals surface area contributed by atoms with Crippen LogP contribution in [0, 0.1) is 6.92 Å². The second kappa shape index (κ2) is 11.1. The zero-order valence-electron chi connectivity index (χ0n) is 17.9. The van der Waals surface area contributed by atoms with Gasteiger partial charge in [0.25, 0.3) is 0 Å². The molecule has 6 nitrogen and oxygen atoms in total. The number of hydrogen-bond donors (Lipinski definition) is 2. The second-order valence-electron chi connectivity index (χ2n) is 7.50. The summed E-state index contributed by atoms with van der Waals surface area (Å²) in [6.45, 7) is 3.67. The molecule has 10 heteroatoms. The topological polar surface area (TPSA) is 78.1 Å². The van der Waals surface area contributed by atoms with Gasteiger partial charge in [-0.2, -0.15) is 0 Å². The molecule has 0 unspecified atom stereocenters. The monoisotopic (exact) mass is 565 g/mol. The van der Waals surface area contributed by atoms with E-state index in [2.05, 4.69) is 21.1 Å². The Kier molecular flexibility index (Phi) is 9.02. The van der Waals surface area contributed by atoms with Gasteiger partial charge in [0, 0.05) is 29.9 Å². The Morgan fingerprint density at radius 1 is 1.16 bits per heavy atom. The molecule has 0 aromatic heterocycles. The maximum Gasteiger partial charge on any atom is 0.573 e. The number of benzene rings is 2. The third kappa shape index (κ3) is 6.89. The van der Waals surface area contributed by atoms with Crippen LogP contribution in [-0.2, 0) is 10.2 Å². The zero-order valence-corrected chi connectivity index (χ0v) is 20.2. The van der Waals surface area contributed by atoms with Crippen LogP contribution in [0.2, 0.25) is 0 Å². The molecule has 1 fully saturated rings. The van der Waals surface area contributed by atoms with Crippen LogP contribution in [0.25, 0.3) is 0 Å². The number of ether oxygens (including phenoxy) is 3. The van der Waals surface area contributed by atoms with Gasteiger partial charge in [-0.1, -0.05) is 17.7 Å². The predicted octanol–water partition coefficient (Wildman–Crippen LogP) is 5.00. The number of aliphatic imine (C=N–C) groups is 1. The molecule has 1 saturated heterocycles. The van der Waals surface area contributed by atoms with Gasteiger partial charge in [0.05, 0.1) is 13.7 Å². The highest BCUT2D eigenvalue weighted by Crippen LogP contribution is 2.40. The lowest BCUT2D eigenvalue weighted by atomic mass is 9.73. The Balaban J connectivity index is 0.00000363. The van der Waals surface area contributed by atoms with E-state index in [-0.39, 0.29) is 41.1 Å². The number of anilines is 1. The Hall–Kier alpha value is -2.21. The summed E-state index contributed by atoms with van der Waals surface area (Å²) in [7, 11) is 1.65. The third-order valence-corrected chi connectivity index (χ3v) is 5.29. The molecule has 0 atom stereocenters. The molecule has 2 aromatic carbocycles. The first kappa shape index (κ1) is 26.0. The standard InChI is InChI=1S/C22H26F3N3O3.HI/c1-15-3-8-19(29-2)18(13-15)21(9-11-30-12-10-21)14-27-20(26)28-16-4-6-17(7-5-16)31-22(23,24)25;/h3-8,13H,9-12,14H2,1-2H3,(H3,26,27,28);1H. The smallest absolute Gasteiger partial charge is 0.496 e. The summed E-state index contributed by atoms with van der Waals surface area (Å²) >= 11 is 0. The average Bonchev–Trinajstić information content (AvgIpc) is 2.73. The lowest BCUT2D eigenvalue weighted by molar-refractivity contribution is -0.274. The predicted molar refractivity (Wildman–Crippen MR) is 128 cm³/mol. The van der Waals surface area contributed by atoms with E-state index in [9.17, 15) is 13.2 Å². The number of nitrogens with one attached hydrogen (secondary N) is 1. The average molecular weight is 565 g/mol. The van der Waals surface area contributed by atoms with Crippen molar-refractivity contribution in [3.63, 3.8) is 0 Å². The summed E-state index contributed by atoms with van der Waals surface area (Å²) in [6, 6.07) is 11.4. The first-order valence-electron chi connectivity index (χ1n) is 9.86. The van der Waals surface area contributed by atoms with Crippen molar-refractivity contribution in [3.8, 4) is 11.5 Å². The van der Waals surface area contributed by atoms with E-state index in [0.717, 1.165) is 29.7 Å². The van der Waals surface area contributed by atoms with Crippen molar-refractivity contribution in [2.45, 2.75) is 31.5 Å². The highest BCUT2D eigenvalue weighted by Gasteiger charge is 2.37. The number of guanidine groups is 1. The molecule has 1 aliphatic heterocycles. The lowest BCUT2D eigenvalue weighted by Gasteiger charge is -2.37. The quantitative estimate of drug-likeness (QED) is 0.293. The highest BCUT2D eigenvalue weighted by atomic mass is 127. The van der Waals surface area contributed by atoms with Crippen molar-refractivity contribution >= 4 is 35.6 Å². The molecule has 3 N–H and O–H groups in total. The lowest BCUT2D eigenvalue weighted by Crippen LogP contribution is -2.38. The van der Waals surface area contributed by atoms with Crippen LogP contribution < -0.4 is 20.5 Å². The van der Waals surface area contributed by atoms with Gasteiger partial charge in [0.15, 0.2) is 5.96 Å². The first-order chi connectivity index (χ1) is 14.7. The number of alkyl halides is 3. The second-order valence-corrected chi connectivity index (χ2v) is 7.50. The summed E-state index contributed by atoms with van der Waals surface area (Å²) in [5.41, 5.74) is 8.48. The van der Waals surface area contributed by atoms with Crippen LogP contribution in [-0.4, -0.2) is 39.2 Å². The minimum atomic E-state index is -4.73. The van der Waals surface area contributed by atoms with E-state index in [1.807, 2.05) is 19.1 Å². The fraction of sp³-hybridized carbons (Fsp3) is 0.409. The number of hydrogen-bond acceptors (Lipinski definition) is 4. The maximum atomic E-state index is 12.3. The van der Waals surface area contributed by atoms with Gasteiger partial charge in [-0.25, -0.2) is 0 Å². The molecule has 3 rings (SSSR count). The van der Waals surface area contributed by atoms with Crippen molar-refractivity contribution in [3.05, 3.63) is 53.6 Å². The van der Waals surface area contributed by atoms with E-state index in [4.69, 9.17) is 15.2 Å². The number of methoxy groups -OCH3 is 1.